The second-order valence-electron chi connectivity index (χ2n) is 4.86. The van der Waals surface area contributed by atoms with E-state index in [1.54, 1.807) is 0 Å². The molecule has 0 aliphatic rings. The Morgan fingerprint density at radius 3 is 2.74 bits per heavy atom. The Hall–Kier alpha value is -2.01. The molecule has 0 bridgehead atoms. The lowest BCUT2D eigenvalue weighted by Crippen LogP contribution is -2.39. The number of hydrogen-bond acceptors (Lipinski definition) is 3. The Morgan fingerprint density at radius 1 is 1.37 bits per heavy atom. The first kappa shape index (κ1) is 13.4. The van der Waals surface area contributed by atoms with Crippen molar-refractivity contribution in [1.82, 2.24) is 4.57 Å². The molecule has 0 aliphatic heterocycles. The van der Waals surface area contributed by atoms with Gasteiger partial charge in [0.15, 0.2) is 0 Å². The molecule has 1 aromatic carbocycles. The van der Waals surface area contributed by atoms with Crippen molar-refractivity contribution in [3.05, 3.63) is 30.5 Å². The van der Waals surface area contributed by atoms with Crippen LogP contribution in [0, 0.1) is 0 Å². The second kappa shape index (κ2) is 5.32. The van der Waals surface area contributed by atoms with Gasteiger partial charge in [-0.1, -0.05) is 0 Å². The van der Waals surface area contributed by atoms with E-state index >= 15 is 0 Å². The topological polar surface area (TPSA) is 83.3 Å². The van der Waals surface area contributed by atoms with Gasteiger partial charge >= 0.3 is 0 Å². The first-order valence-corrected chi connectivity index (χ1v) is 6.28. The molecular formula is C14H19N3O2. The van der Waals surface area contributed by atoms with Crippen LogP contribution >= 0.6 is 0 Å². The minimum absolute atomic E-state index is 0.141. The average molecular weight is 261 g/mol. The lowest BCUT2D eigenvalue weighted by molar-refractivity contribution is -0.119. The van der Waals surface area contributed by atoms with Gasteiger partial charge in [0.25, 0.3) is 0 Å². The molecule has 5 nitrogen and oxygen atoms in total. The molecule has 1 aromatic heterocycles. The predicted molar refractivity (Wildman–Crippen MR) is 74.9 cm³/mol. The zero-order chi connectivity index (χ0) is 14.0. The number of carbonyl (C=O) groups is 1. The SMILES string of the molecule is CC(C)Oc1ccc2c(ccn2CC(N)C(N)=O)c1. The third kappa shape index (κ3) is 3.06. The minimum Gasteiger partial charge on any atom is -0.491 e. The molecule has 0 saturated carbocycles. The smallest absolute Gasteiger partial charge is 0.236 e. The molecule has 2 aromatic rings. The van der Waals surface area contributed by atoms with Gasteiger partial charge in [0.1, 0.15) is 11.8 Å². The molecule has 1 heterocycles. The van der Waals surface area contributed by atoms with Crippen LogP contribution in [0.3, 0.4) is 0 Å². The zero-order valence-electron chi connectivity index (χ0n) is 11.2. The lowest BCUT2D eigenvalue weighted by atomic mass is 10.2. The van der Waals surface area contributed by atoms with E-state index in [4.69, 9.17) is 16.2 Å². The molecule has 5 heteroatoms. The van der Waals surface area contributed by atoms with Crippen LogP contribution in [0.2, 0.25) is 0 Å². The summed E-state index contributed by atoms with van der Waals surface area (Å²) in [6, 6.07) is 7.13. The second-order valence-corrected chi connectivity index (χ2v) is 4.86. The fourth-order valence-electron chi connectivity index (χ4n) is 1.98. The van der Waals surface area contributed by atoms with E-state index in [1.807, 2.05) is 48.9 Å². The van der Waals surface area contributed by atoms with E-state index in [9.17, 15) is 4.79 Å². The van der Waals surface area contributed by atoms with Crippen molar-refractivity contribution in [3.8, 4) is 5.75 Å². The van der Waals surface area contributed by atoms with E-state index in [1.165, 1.54) is 0 Å². The summed E-state index contributed by atoms with van der Waals surface area (Å²) in [6.07, 6.45) is 2.04. The monoisotopic (exact) mass is 261 g/mol. The molecule has 1 atom stereocenters. The van der Waals surface area contributed by atoms with Crippen LogP contribution in [-0.2, 0) is 11.3 Å². The summed E-state index contributed by atoms with van der Waals surface area (Å²) >= 11 is 0. The van der Waals surface area contributed by atoms with Crippen molar-refractivity contribution in [2.45, 2.75) is 32.5 Å². The average Bonchev–Trinajstić information content (AvgIpc) is 2.71. The number of nitrogens with two attached hydrogens (primary N) is 2. The summed E-state index contributed by atoms with van der Waals surface area (Å²) in [6.45, 7) is 4.35. The first-order chi connectivity index (χ1) is 8.97. The number of ether oxygens (including phenoxy) is 1. The highest BCUT2D eigenvalue weighted by Crippen LogP contribution is 2.23. The summed E-state index contributed by atoms with van der Waals surface area (Å²) in [5.41, 5.74) is 11.9. The molecule has 0 fully saturated rings. The van der Waals surface area contributed by atoms with Gasteiger partial charge in [-0.25, -0.2) is 0 Å². The Bertz CT molecular complexity index is 589. The third-order valence-electron chi connectivity index (χ3n) is 2.87. The first-order valence-electron chi connectivity index (χ1n) is 6.28. The maximum atomic E-state index is 11.0. The molecule has 0 aliphatic carbocycles. The van der Waals surface area contributed by atoms with E-state index in [0.29, 0.717) is 6.54 Å². The van der Waals surface area contributed by atoms with Crippen LogP contribution in [0.25, 0.3) is 10.9 Å². The fraction of sp³-hybridized carbons (Fsp3) is 0.357. The molecular weight excluding hydrogens is 242 g/mol. The van der Waals surface area contributed by atoms with Gasteiger partial charge < -0.3 is 20.8 Å². The number of rotatable bonds is 5. The third-order valence-corrected chi connectivity index (χ3v) is 2.87. The highest BCUT2D eigenvalue weighted by Gasteiger charge is 2.11. The van der Waals surface area contributed by atoms with Gasteiger partial charge in [0, 0.05) is 23.6 Å². The molecule has 0 saturated heterocycles. The van der Waals surface area contributed by atoms with Crippen LogP contribution in [0.15, 0.2) is 30.5 Å². The summed E-state index contributed by atoms with van der Waals surface area (Å²) in [4.78, 5) is 11.0. The molecule has 19 heavy (non-hydrogen) atoms. The molecule has 0 radical (unpaired) electrons. The number of aromatic nitrogens is 1. The van der Waals surface area contributed by atoms with E-state index in [-0.39, 0.29) is 6.10 Å². The maximum absolute atomic E-state index is 11.0. The Balaban J connectivity index is 2.26. The molecule has 2 rings (SSSR count). The van der Waals surface area contributed by atoms with Crippen molar-refractivity contribution < 1.29 is 9.53 Å². The van der Waals surface area contributed by atoms with Gasteiger partial charge in [-0.2, -0.15) is 0 Å². The number of amides is 1. The summed E-state index contributed by atoms with van der Waals surface area (Å²) < 4.78 is 7.56. The minimum atomic E-state index is -0.679. The van der Waals surface area contributed by atoms with Gasteiger partial charge in [0.2, 0.25) is 5.91 Å². The normalized spacial score (nSPS) is 12.8. The van der Waals surface area contributed by atoms with Crippen molar-refractivity contribution in [3.63, 3.8) is 0 Å². The number of nitrogens with zero attached hydrogens (tertiary/aromatic N) is 1. The number of hydrogen-bond donors (Lipinski definition) is 2. The van der Waals surface area contributed by atoms with Crippen LogP contribution in [-0.4, -0.2) is 22.6 Å². The number of benzene rings is 1. The maximum Gasteiger partial charge on any atom is 0.236 e. The predicted octanol–water partition coefficient (Wildman–Crippen LogP) is 1.24. The molecule has 1 amide bonds. The number of fused-ring (bicyclic) bond motifs is 1. The van der Waals surface area contributed by atoms with Crippen LogP contribution in [0.5, 0.6) is 5.75 Å². The standard InChI is InChI=1S/C14H19N3O2/c1-9(2)19-11-3-4-13-10(7-11)5-6-17(13)8-12(15)14(16)18/h3-7,9,12H,8,15H2,1-2H3,(H2,16,18). The molecule has 102 valence electrons. The molecule has 4 N–H and O–H groups in total. The van der Waals surface area contributed by atoms with E-state index < -0.39 is 11.9 Å². The zero-order valence-corrected chi connectivity index (χ0v) is 11.2. The summed E-state index contributed by atoms with van der Waals surface area (Å²) in [5.74, 6) is 0.334. The van der Waals surface area contributed by atoms with Crippen LogP contribution < -0.4 is 16.2 Å². The Labute approximate surface area is 112 Å². The summed E-state index contributed by atoms with van der Waals surface area (Å²) in [5, 5.41) is 1.05. The highest BCUT2D eigenvalue weighted by atomic mass is 16.5. The largest absolute Gasteiger partial charge is 0.491 e. The van der Waals surface area contributed by atoms with Crippen molar-refractivity contribution in [2.75, 3.05) is 0 Å². The number of primary amides is 1. The summed E-state index contributed by atoms with van der Waals surface area (Å²) in [7, 11) is 0. The van der Waals surface area contributed by atoms with Gasteiger partial charge in [-0.3, -0.25) is 4.79 Å². The molecule has 1 unspecified atom stereocenters. The van der Waals surface area contributed by atoms with Crippen molar-refractivity contribution in [2.24, 2.45) is 11.5 Å². The van der Waals surface area contributed by atoms with Gasteiger partial charge in [-0.15, -0.1) is 0 Å². The van der Waals surface area contributed by atoms with Crippen LogP contribution in [0.4, 0.5) is 0 Å². The fourth-order valence-corrected chi connectivity index (χ4v) is 1.98. The van der Waals surface area contributed by atoms with Crippen molar-refractivity contribution in [1.29, 1.82) is 0 Å². The van der Waals surface area contributed by atoms with E-state index in [0.717, 1.165) is 16.7 Å². The van der Waals surface area contributed by atoms with Gasteiger partial charge in [-0.05, 0) is 38.1 Å². The lowest BCUT2D eigenvalue weighted by Gasteiger charge is -2.12. The van der Waals surface area contributed by atoms with Crippen molar-refractivity contribution >= 4 is 16.8 Å². The molecule has 0 spiro atoms. The number of carbonyl (C=O) groups excluding carboxylic acids is 1. The Kier molecular flexibility index (Phi) is 3.76. The van der Waals surface area contributed by atoms with Gasteiger partial charge in [0.05, 0.1) is 6.10 Å². The highest BCUT2D eigenvalue weighted by molar-refractivity contribution is 5.83. The van der Waals surface area contributed by atoms with Crippen LogP contribution in [0.1, 0.15) is 13.8 Å². The van der Waals surface area contributed by atoms with E-state index in [2.05, 4.69) is 0 Å². The Morgan fingerprint density at radius 2 is 2.11 bits per heavy atom. The quantitative estimate of drug-likeness (QED) is 0.849.